The third-order valence-corrected chi connectivity index (χ3v) is 3.65. The maximum Gasteiger partial charge on any atom is 0.251 e. The number of halogens is 1. The van der Waals surface area contributed by atoms with Crippen molar-refractivity contribution in [2.24, 2.45) is 5.14 Å². The molecule has 1 aromatic rings. The molecular weight excluding hydrogens is 287 g/mol. The molecular formula is C12H17FN2O4S. The lowest BCUT2D eigenvalue weighted by molar-refractivity contribution is 0.0870. The molecule has 0 aliphatic carbocycles. The van der Waals surface area contributed by atoms with Crippen LogP contribution in [0.15, 0.2) is 17.0 Å². The van der Waals surface area contributed by atoms with E-state index in [-0.39, 0.29) is 23.8 Å². The molecule has 112 valence electrons. The number of benzene rings is 1. The van der Waals surface area contributed by atoms with E-state index in [4.69, 9.17) is 9.88 Å². The lowest BCUT2D eigenvalue weighted by Crippen LogP contribution is -2.31. The van der Waals surface area contributed by atoms with Crippen LogP contribution in [-0.2, 0) is 14.8 Å². The van der Waals surface area contributed by atoms with Crippen molar-refractivity contribution in [3.63, 3.8) is 0 Å². The first-order chi connectivity index (χ1) is 9.16. The van der Waals surface area contributed by atoms with Crippen molar-refractivity contribution < 1.29 is 22.3 Å². The molecule has 0 saturated heterocycles. The van der Waals surface area contributed by atoms with Gasteiger partial charge in [-0.1, -0.05) is 0 Å². The Balaban J connectivity index is 3.09. The van der Waals surface area contributed by atoms with Crippen LogP contribution in [0, 0.1) is 12.7 Å². The smallest absolute Gasteiger partial charge is 0.251 e. The summed E-state index contributed by atoms with van der Waals surface area (Å²) in [5.41, 5.74) is 0.0534. The zero-order valence-electron chi connectivity index (χ0n) is 11.4. The molecule has 0 saturated carbocycles. The Morgan fingerprint density at radius 2 is 2.10 bits per heavy atom. The molecule has 0 aromatic heterocycles. The van der Waals surface area contributed by atoms with Gasteiger partial charge in [0.15, 0.2) is 0 Å². The zero-order valence-corrected chi connectivity index (χ0v) is 12.3. The number of sulfonamides is 1. The quantitative estimate of drug-likeness (QED) is 0.829. The largest absolute Gasteiger partial charge is 0.380 e. The number of nitrogens with two attached hydrogens (primary N) is 1. The number of amides is 1. The van der Waals surface area contributed by atoms with Gasteiger partial charge in [-0.25, -0.2) is 17.9 Å². The summed E-state index contributed by atoms with van der Waals surface area (Å²) in [6, 6.07) is 2.18. The highest BCUT2D eigenvalue weighted by Gasteiger charge is 2.20. The molecule has 0 aliphatic rings. The number of methoxy groups -OCH3 is 1. The minimum absolute atomic E-state index is 0.0243. The van der Waals surface area contributed by atoms with Crippen LogP contribution in [-0.4, -0.2) is 34.1 Å². The van der Waals surface area contributed by atoms with Gasteiger partial charge in [-0.15, -0.1) is 0 Å². The summed E-state index contributed by atoms with van der Waals surface area (Å²) in [5, 5.41) is 7.47. The molecule has 0 heterocycles. The van der Waals surface area contributed by atoms with E-state index in [0.29, 0.717) is 0 Å². The number of rotatable bonds is 5. The molecule has 1 amide bonds. The third-order valence-electron chi connectivity index (χ3n) is 2.74. The van der Waals surface area contributed by atoms with Crippen molar-refractivity contribution in [2.75, 3.05) is 13.7 Å². The summed E-state index contributed by atoms with van der Waals surface area (Å²) >= 11 is 0. The number of hydrogen-bond donors (Lipinski definition) is 2. The van der Waals surface area contributed by atoms with Crippen LogP contribution in [0.2, 0.25) is 0 Å². The van der Waals surface area contributed by atoms with Crippen LogP contribution in [0.3, 0.4) is 0 Å². The predicted molar refractivity (Wildman–Crippen MR) is 71.3 cm³/mol. The highest BCUT2D eigenvalue weighted by molar-refractivity contribution is 7.89. The van der Waals surface area contributed by atoms with Gasteiger partial charge in [0.1, 0.15) is 10.7 Å². The van der Waals surface area contributed by atoms with Crippen LogP contribution in [0.5, 0.6) is 0 Å². The lowest BCUT2D eigenvalue weighted by Gasteiger charge is -2.12. The maximum atomic E-state index is 13.7. The number of carbonyl (C=O) groups excluding carboxylic acids is 1. The van der Waals surface area contributed by atoms with Gasteiger partial charge in [-0.3, -0.25) is 4.79 Å². The van der Waals surface area contributed by atoms with E-state index in [1.807, 2.05) is 0 Å². The molecule has 6 nitrogen and oxygen atoms in total. The van der Waals surface area contributed by atoms with Crippen molar-refractivity contribution in [2.45, 2.75) is 24.8 Å². The second-order valence-corrected chi connectivity index (χ2v) is 5.94. The first-order valence-corrected chi connectivity index (χ1v) is 7.35. The van der Waals surface area contributed by atoms with Crippen molar-refractivity contribution in [3.8, 4) is 0 Å². The summed E-state index contributed by atoms with van der Waals surface area (Å²) in [7, 11) is -2.73. The molecule has 0 bridgehead atoms. The van der Waals surface area contributed by atoms with E-state index in [1.54, 1.807) is 6.92 Å². The molecule has 1 atom stereocenters. The molecule has 1 aromatic carbocycles. The zero-order chi connectivity index (χ0) is 15.5. The predicted octanol–water partition coefficient (Wildman–Crippen LogP) is 0.546. The molecule has 20 heavy (non-hydrogen) atoms. The van der Waals surface area contributed by atoms with Crippen molar-refractivity contribution in [3.05, 3.63) is 29.1 Å². The van der Waals surface area contributed by atoms with Gasteiger partial charge in [0.05, 0.1) is 6.10 Å². The first kappa shape index (κ1) is 16.5. The standard InChI is InChI=1S/C12H17FN2O4S/c1-7-4-9(12(16)15-6-8(2)19-3)5-10(11(7)13)20(14,17)18/h4-5,8H,6H2,1-3H3,(H,15,16)(H2,14,17,18). The van der Waals surface area contributed by atoms with Crippen molar-refractivity contribution in [1.29, 1.82) is 0 Å². The van der Waals surface area contributed by atoms with Gasteiger partial charge < -0.3 is 10.1 Å². The highest BCUT2D eigenvalue weighted by atomic mass is 32.2. The van der Waals surface area contributed by atoms with Crippen LogP contribution < -0.4 is 10.5 Å². The second-order valence-electron chi connectivity index (χ2n) is 4.41. The van der Waals surface area contributed by atoms with Gasteiger partial charge in [0.2, 0.25) is 10.0 Å². The normalized spacial score (nSPS) is 13.1. The van der Waals surface area contributed by atoms with Crippen LogP contribution in [0.25, 0.3) is 0 Å². The van der Waals surface area contributed by atoms with Gasteiger partial charge in [-0.2, -0.15) is 0 Å². The number of ether oxygens (including phenoxy) is 1. The fourth-order valence-corrected chi connectivity index (χ4v) is 2.20. The SMILES string of the molecule is COC(C)CNC(=O)c1cc(C)c(F)c(S(N)(=O)=O)c1. The van der Waals surface area contributed by atoms with Crippen molar-refractivity contribution in [1.82, 2.24) is 5.32 Å². The lowest BCUT2D eigenvalue weighted by atomic mass is 10.1. The van der Waals surface area contributed by atoms with Crippen LogP contribution in [0.4, 0.5) is 4.39 Å². The Morgan fingerprint density at radius 3 is 2.60 bits per heavy atom. The average Bonchev–Trinajstić information content (AvgIpc) is 2.36. The number of aryl methyl sites for hydroxylation is 1. The van der Waals surface area contributed by atoms with E-state index in [0.717, 1.165) is 6.07 Å². The Morgan fingerprint density at radius 1 is 1.50 bits per heavy atom. The maximum absolute atomic E-state index is 13.7. The molecule has 0 aliphatic heterocycles. The Kier molecular flexibility index (Phi) is 5.21. The number of hydrogen-bond acceptors (Lipinski definition) is 4. The molecule has 0 fully saturated rings. The minimum atomic E-state index is -4.23. The van der Waals surface area contributed by atoms with Gasteiger partial charge in [0, 0.05) is 19.2 Å². The highest BCUT2D eigenvalue weighted by Crippen LogP contribution is 2.19. The van der Waals surface area contributed by atoms with E-state index in [9.17, 15) is 17.6 Å². The van der Waals surface area contributed by atoms with Gasteiger partial charge >= 0.3 is 0 Å². The molecule has 3 N–H and O–H groups in total. The van der Waals surface area contributed by atoms with E-state index in [2.05, 4.69) is 5.32 Å². The Hall–Kier alpha value is -1.51. The number of carbonyl (C=O) groups is 1. The van der Waals surface area contributed by atoms with E-state index < -0.39 is 26.6 Å². The Bertz CT molecular complexity index is 616. The molecule has 0 radical (unpaired) electrons. The van der Waals surface area contributed by atoms with Crippen LogP contribution >= 0.6 is 0 Å². The second kappa shape index (κ2) is 6.29. The van der Waals surface area contributed by atoms with Crippen LogP contribution in [0.1, 0.15) is 22.8 Å². The fraction of sp³-hybridized carbons (Fsp3) is 0.417. The van der Waals surface area contributed by atoms with Gasteiger partial charge in [-0.05, 0) is 31.5 Å². The van der Waals surface area contributed by atoms with Crippen molar-refractivity contribution >= 4 is 15.9 Å². The fourth-order valence-electron chi connectivity index (χ4n) is 1.50. The topological polar surface area (TPSA) is 98.5 Å². The first-order valence-electron chi connectivity index (χ1n) is 5.80. The van der Waals surface area contributed by atoms with E-state index in [1.165, 1.54) is 20.1 Å². The molecule has 1 unspecified atom stereocenters. The monoisotopic (exact) mass is 304 g/mol. The molecule has 8 heteroatoms. The summed E-state index contributed by atoms with van der Waals surface area (Å²) in [5.74, 6) is -1.48. The molecule has 0 spiro atoms. The van der Waals surface area contributed by atoms with E-state index >= 15 is 0 Å². The summed E-state index contributed by atoms with van der Waals surface area (Å²) < 4.78 is 41.2. The average molecular weight is 304 g/mol. The summed E-state index contributed by atoms with van der Waals surface area (Å²) in [6.07, 6.45) is -0.196. The minimum Gasteiger partial charge on any atom is -0.380 e. The summed E-state index contributed by atoms with van der Waals surface area (Å²) in [4.78, 5) is 11.2. The number of nitrogens with one attached hydrogen (secondary N) is 1. The summed E-state index contributed by atoms with van der Waals surface area (Å²) in [6.45, 7) is 3.36. The molecule has 1 rings (SSSR count). The number of primary sulfonamides is 1. The third kappa shape index (κ3) is 3.99. The Labute approximate surface area is 117 Å². The van der Waals surface area contributed by atoms with Gasteiger partial charge in [0.25, 0.3) is 5.91 Å².